The van der Waals surface area contributed by atoms with Gasteiger partial charge in [0, 0.05) is 117 Å². The topological polar surface area (TPSA) is 155 Å². The Morgan fingerprint density at radius 2 is 0.380 bits per heavy atom. The van der Waals surface area contributed by atoms with Gasteiger partial charge in [-0.1, -0.05) is 174 Å². The molecule has 498 valence electrons. The molecule has 14 heteroatoms. The van der Waals surface area contributed by atoms with Gasteiger partial charge < -0.3 is 0 Å². The molecular weight excluding hydrogens is 1400 g/mol. The first kappa shape index (κ1) is 72.7. The minimum Gasteiger partial charge on any atom is -0.255 e. The van der Waals surface area contributed by atoms with E-state index >= 15 is 0 Å². The standard InChI is InChI=1S/C38H50N4.4C12H8N2.2Ru/c1-31-19-23-39-35(27-31)37-29-33(21-25-41-37)17-15-13-11-9-7-5-3-4-6-8-10-12-14-16-18-34-22-26-42-38(30-34)36-28-32(2)20-24-40-36;4*1-3-9-5-6-10-4-2-8-14-12(10)11(9)13-7-1;;/h19-30H,3-18H2,1-2H3;4*1-8H;;/q;;;;;2*+2. The van der Waals surface area contributed by atoms with Gasteiger partial charge in [0.2, 0.25) is 0 Å². The van der Waals surface area contributed by atoms with E-state index in [1.165, 1.54) is 112 Å². The zero-order chi connectivity index (χ0) is 66.8. The van der Waals surface area contributed by atoms with Crippen molar-refractivity contribution in [2.24, 2.45) is 0 Å². The van der Waals surface area contributed by atoms with E-state index in [1.807, 2.05) is 85.5 Å². The molecule has 16 aromatic rings. The Hall–Kier alpha value is -9.99. The van der Waals surface area contributed by atoms with Crippen LogP contribution >= 0.6 is 0 Å². The van der Waals surface area contributed by atoms with Crippen LogP contribution in [0.2, 0.25) is 0 Å². The monoisotopic (exact) mass is 1490 g/mol. The minimum absolute atomic E-state index is 0. The molecule has 12 aromatic heterocycles. The molecule has 0 N–H and O–H groups in total. The second-order valence-electron chi connectivity index (χ2n) is 24.8. The molecule has 0 saturated carbocycles. The molecule has 0 atom stereocenters. The maximum absolute atomic E-state index is 4.53. The number of aryl methyl sites for hydroxylation is 4. The SMILES string of the molecule is Cc1ccnc(-c2cc(CCCCCCCCCCCCCCCCc3ccnc(-c4cc(C)ccn4)c3)ccn2)c1.[Ru+2].[Ru+2].c1cnc2c(c1)ccc1cccnc12.c1cnc2c(c1)ccc1cccnc12.c1cnc2c(c1)ccc1cccnc12.c1cnc2c(c1)ccc1cccnc12. The van der Waals surface area contributed by atoms with Crippen molar-refractivity contribution >= 4 is 87.2 Å². The van der Waals surface area contributed by atoms with Crippen molar-refractivity contribution in [3.05, 3.63) is 291 Å². The van der Waals surface area contributed by atoms with Gasteiger partial charge in [0.25, 0.3) is 0 Å². The maximum Gasteiger partial charge on any atom is 2.00 e. The van der Waals surface area contributed by atoms with Crippen LogP contribution in [0.15, 0.2) is 268 Å². The van der Waals surface area contributed by atoms with E-state index in [0.717, 1.165) is 123 Å². The normalized spacial score (nSPS) is 10.8. The third kappa shape index (κ3) is 20.3. The fourth-order valence-corrected chi connectivity index (χ4v) is 12.4. The van der Waals surface area contributed by atoms with Gasteiger partial charge in [-0.2, -0.15) is 0 Å². The first-order valence-electron chi connectivity index (χ1n) is 34.6. The maximum atomic E-state index is 4.53. The van der Waals surface area contributed by atoms with Crippen LogP contribution in [-0.4, -0.2) is 59.8 Å². The molecule has 12 heterocycles. The Balaban J connectivity index is 0.000000151. The molecule has 0 saturated heterocycles. The number of pyridine rings is 12. The van der Waals surface area contributed by atoms with Crippen LogP contribution < -0.4 is 0 Å². The summed E-state index contributed by atoms with van der Waals surface area (Å²) in [5.74, 6) is 0. The fourth-order valence-electron chi connectivity index (χ4n) is 12.4. The first-order chi connectivity index (χ1) is 48.5. The molecule has 4 aromatic carbocycles. The van der Waals surface area contributed by atoms with Gasteiger partial charge >= 0.3 is 39.0 Å². The number of unbranched alkanes of at least 4 members (excludes halogenated alkanes) is 13. The zero-order valence-corrected chi connectivity index (χ0v) is 60.3. The van der Waals surface area contributed by atoms with Crippen LogP contribution in [0.4, 0.5) is 0 Å². The summed E-state index contributed by atoms with van der Waals surface area (Å²) in [5.41, 5.74) is 16.9. The van der Waals surface area contributed by atoms with Gasteiger partial charge in [-0.05, 0) is 159 Å². The summed E-state index contributed by atoms with van der Waals surface area (Å²) in [6, 6.07) is 65.6. The predicted octanol–water partition coefficient (Wildman–Crippen LogP) is 21.6. The molecule has 0 amide bonds. The van der Waals surface area contributed by atoms with Crippen LogP contribution in [0.1, 0.15) is 112 Å². The molecule has 16 rings (SSSR count). The third-order valence-corrected chi connectivity index (χ3v) is 17.6. The molecule has 100 heavy (non-hydrogen) atoms. The third-order valence-electron chi connectivity index (χ3n) is 17.6. The quantitative estimate of drug-likeness (QED) is 0.0430. The number of hydrogen-bond acceptors (Lipinski definition) is 12. The van der Waals surface area contributed by atoms with E-state index in [4.69, 9.17) is 0 Å². The summed E-state index contributed by atoms with van der Waals surface area (Å²) in [6.45, 7) is 4.20. The van der Waals surface area contributed by atoms with E-state index in [2.05, 4.69) is 207 Å². The van der Waals surface area contributed by atoms with E-state index in [9.17, 15) is 0 Å². The summed E-state index contributed by atoms with van der Waals surface area (Å²) in [4.78, 5) is 52.8. The van der Waals surface area contributed by atoms with Gasteiger partial charge in [-0.15, -0.1) is 0 Å². The number of fused-ring (bicyclic) bond motifs is 12. The van der Waals surface area contributed by atoms with Crippen molar-refractivity contribution in [1.82, 2.24) is 59.8 Å². The van der Waals surface area contributed by atoms with Gasteiger partial charge in [0.05, 0.1) is 66.9 Å². The molecule has 0 fully saturated rings. The smallest absolute Gasteiger partial charge is 0.255 e. The van der Waals surface area contributed by atoms with Crippen LogP contribution in [0.25, 0.3) is 110 Å². The van der Waals surface area contributed by atoms with E-state index < -0.39 is 0 Å². The molecule has 12 nitrogen and oxygen atoms in total. The van der Waals surface area contributed by atoms with Crippen molar-refractivity contribution in [3.8, 4) is 22.8 Å². The van der Waals surface area contributed by atoms with E-state index in [-0.39, 0.29) is 39.0 Å². The van der Waals surface area contributed by atoms with Crippen LogP contribution in [0.5, 0.6) is 0 Å². The molecule has 0 aliphatic carbocycles. The van der Waals surface area contributed by atoms with E-state index in [1.54, 1.807) is 49.6 Å². The van der Waals surface area contributed by atoms with Crippen molar-refractivity contribution in [3.63, 3.8) is 0 Å². The number of rotatable bonds is 19. The van der Waals surface area contributed by atoms with Gasteiger partial charge in [-0.25, -0.2) is 0 Å². The molecular formula is C86H82N12Ru2+4. The largest absolute Gasteiger partial charge is 2.00 e. The van der Waals surface area contributed by atoms with Crippen molar-refractivity contribution in [2.45, 2.75) is 117 Å². The second-order valence-corrected chi connectivity index (χ2v) is 24.8. The molecule has 0 bridgehead atoms. The first-order valence-corrected chi connectivity index (χ1v) is 34.6. The molecule has 0 aliphatic heterocycles. The summed E-state index contributed by atoms with van der Waals surface area (Å²) in [7, 11) is 0. The molecule has 0 unspecified atom stereocenters. The Morgan fingerprint density at radius 1 is 0.190 bits per heavy atom. The Bertz CT molecular complexity index is 4460. The van der Waals surface area contributed by atoms with Crippen LogP contribution in [0.3, 0.4) is 0 Å². The van der Waals surface area contributed by atoms with Gasteiger partial charge in [-0.3, -0.25) is 59.8 Å². The minimum atomic E-state index is 0. The zero-order valence-electron chi connectivity index (χ0n) is 56.8. The fraction of sp³-hybridized carbons (Fsp3) is 0.209. The summed E-state index contributed by atoms with van der Waals surface area (Å²) in [6.07, 6.45) is 43.4. The predicted molar refractivity (Wildman–Crippen MR) is 405 cm³/mol. The summed E-state index contributed by atoms with van der Waals surface area (Å²) in [5, 5.41) is 9.10. The van der Waals surface area contributed by atoms with Crippen LogP contribution in [-0.2, 0) is 51.8 Å². The number of nitrogens with zero attached hydrogens (tertiary/aromatic N) is 12. The number of aromatic nitrogens is 12. The van der Waals surface area contributed by atoms with E-state index in [0.29, 0.717) is 0 Å². The van der Waals surface area contributed by atoms with Crippen molar-refractivity contribution in [2.75, 3.05) is 0 Å². The Kier molecular flexibility index (Phi) is 27.9. The second kappa shape index (κ2) is 38.4. The number of hydrogen-bond donors (Lipinski definition) is 0. The number of benzene rings is 4. The Labute approximate surface area is 611 Å². The molecule has 0 spiro atoms. The van der Waals surface area contributed by atoms with Crippen molar-refractivity contribution < 1.29 is 39.0 Å². The molecule has 0 aliphatic rings. The average Bonchev–Trinajstić information content (AvgIpc) is 0.822. The average molecular weight is 1490 g/mol. The Morgan fingerprint density at radius 3 is 0.590 bits per heavy atom. The molecule has 0 radical (unpaired) electrons. The van der Waals surface area contributed by atoms with Gasteiger partial charge in [0.1, 0.15) is 0 Å². The van der Waals surface area contributed by atoms with Gasteiger partial charge in [0.15, 0.2) is 0 Å². The van der Waals surface area contributed by atoms with Crippen molar-refractivity contribution in [1.29, 1.82) is 0 Å². The summed E-state index contributed by atoms with van der Waals surface area (Å²) < 4.78 is 0. The summed E-state index contributed by atoms with van der Waals surface area (Å²) >= 11 is 0. The van der Waals surface area contributed by atoms with Crippen LogP contribution in [0, 0.1) is 13.8 Å².